The Labute approximate surface area is 257 Å². The highest BCUT2D eigenvalue weighted by Gasteiger charge is 2.27. The number of hydrogen-bond acceptors (Lipinski definition) is 4. The van der Waals surface area contributed by atoms with E-state index in [0.717, 1.165) is 33.9 Å². The largest absolute Gasteiger partial charge is 0.340 e. The van der Waals surface area contributed by atoms with E-state index in [4.69, 9.17) is 4.99 Å². The molecular formula is C39H24N4S. The molecular weight excluding hydrogens is 557 g/mol. The van der Waals surface area contributed by atoms with Gasteiger partial charge in [-0.25, -0.2) is 0 Å². The van der Waals surface area contributed by atoms with Crippen molar-refractivity contribution in [3.63, 3.8) is 0 Å². The fourth-order valence-corrected chi connectivity index (χ4v) is 7.80. The fraction of sp³-hybridized carbons (Fsp3) is 0.0256. The summed E-state index contributed by atoms with van der Waals surface area (Å²) in [7, 11) is 0. The lowest BCUT2D eigenvalue weighted by Gasteiger charge is -2.27. The van der Waals surface area contributed by atoms with Crippen molar-refractivity contribution in [3.05, 3.63) is 156 Å². The van der Waals surface area contributed by atoms with Crippen molar-refractivity contribution in [2.24, 2.45) is 4.99 Å². The molecule has 0 radical (unpaired) electrons. The number of aliphatic imine (C=N–C) groups is 1. The molecule has 1 aliphatic heterocycles. The number of benzene rings is 6. The average molecular weight is 581 g/mol. The lowest BCUT2D eigenvalue weighted by molar-refractivity contribution is 0.859. The van der Waals surface area contributed by atoms with Gasteiger partial charge in [-0.3, -0.25) is 4.99 Å². The van der Waals surface area contributed by atoms with Gasteiger partial charge in [-0.15, -0.1) is 11.3 Å². The van der Waals surface area contributed by atoms with E-state index in [1.807, 2.05) is 47.7 Å². The molecule has 1 atom stereocenters. The standard InChI is InChI=1S/C39H24N4S/c40-23-26-11-8-14-32-37(26)38(42-39(41-32)25-9-2-1-3-10-25)24-17-19-27(20-18-24)43-33-15-6-4-12-28(33)30-21-31-29-13-5-7-16-35(29)44-36(31)22-34(30)43/h1-22,38H,(H,41,42). The third-order valence-corrected chi connectivity index (χ3v) is 9.83. The van der Waals surface area contributed by atoms with Crippen molar-refractivity contribution in [2.75, 3.05) is 5.32 Å². The van der Waals surface area contributed by atoms with E-state index in [1.54, 1.807) is 0 Å². The van der Waals surface area contributed by atoms with Gasteiger partial charge >= 0.3 is 0 Å². The van der Waals surface area contributed by atoms with Crippen molar-refractivity contribution in [1.82, 2.24) is 4.57 Å². The maximum Gasteiger partial charge on any atom is 0.133 e. The molecule has 1 N–H and O–H groups in total. The number of para-hydroxylation sites is 1. The Hall–Kier alpha value is -5.70. The molecule has 206 valence electrons. The number of nitriles is 1. The van der Waals surface area contributed by atoms with Crippen LogP contribution >= 0.6 is 11.3 Å². The minimum atomic E-state index is -0.303. The van der Waals surface area contributed by atoms with Crippen LogP contribution < -0.4 is 5.32 Å². The Morgan fingerprint density at radius 1 is 0.659 bits per heavy atom. The first-order valence-electron chi connectivity index (χ1n) is 14.6. The summed E-state index contributed by atoms with van der Waals surface area (Å²) in [5.41, 5.74) is 7.99. The smallest absolute Gasteiger partial charge is 0.133 e. The summed E-state index contributed by atoms with van der Waals surface area (Å²) in [5.74, 6) is 0.803. The maximum absolute atomic E-state index is 10.0. The average Bonchev–Trinajstić information content (AvgIpc) is 3.61. The van der Waals surface area contributed by atoms with Crippen molar-refractivity contribution >= 4 is 64.8 Å². The first-order chi connectivity index (χ1) is 21.8. The number of nitrogens with one attached hydrogen (secondary N) is 1. The number of rotatable bonds is 3. The van der Waals surface area contributed by atoms with Crippen LogP contribution in [0.25, 0.3) is 47.7 Å². The summed E-state index contributed by atoms with van der Waals surface area (Å²) in [6.07, 6.45) is 0. The number of amidine groups is 1. The number of nitrogens with zero attached hydrogens (tertiary/aromatic N) is 3. The Kier molecular flexibility index (Phi) is 5.46. The van der Waals surface area contributed by atoms with Gasteiger partial charge in [0.1, 0.15) is 11.9 Å². The van der Waals surface area contributed by atoms with E-state index >= 15 is 0 Å². The van der Waals surface area contributed by atoms with E-state index in [9.17, 15) is 5.26 Å². The highest BCUT2D eigenvalue weighted by molar-refractivity contribution is 7.25. The Morgan fingerprint density at radius 2 is 1.43 bits per heavy atom. The molecule has 3 heterocycles. The van der Waals surface area contributed by atoms with Crippen molar-refractivity contribution in [3.8, 4) is 11.8 Å². The van der Waals surface area contributed by atoms with Crippen molar-refractivity contribution < 1.29 is 0 Å². The molecule has 6 aromatic carbocycles. The van der Waals surface area contributed by atoms with E-state index < -0.39 is 0 Å². The van der Waals surface area contributed by atoms with Crippen LogP contribution in [0, 0.1) is 11.3 Å². The summed E-state index contributed by atoms with van der Waals surface area (Å²) in [6.45, 7) is 0. The zero-order chi connectivity index (χ0) is 29.2. The van der Waals surface area contributed by atoms with Crippen LogP contribution in [0.5, 0.6) is 0 Å². The van der Waals surface area contributed by atoms with Crippen LogP contribution in [-0.2, 0) is 0 Å². The van der Waals surface area contributed by atoms with Crippen LogP contribution in [0.2, 0.25) is 0 Å². The molecule has 5 heteroatoms. The summed E-state index contributed by atoms with van der Waals surface area (Å²) in [5, 5.41) is 18.6. The topological polar surface area (TPSA) is 53.1 Å². The predicted molar refractivity (Wildman–Crippen MR) is 183 cm³/mol. The summed E-state index contributed by atoms with van der Waals surface area (Å²) < 4.78 is 4.97. The highest BCUT2D eigenvalue weighted by atomic mass is 32.1. The third-order valence-electron chi connectivity index (χ3n) is 8.70. The SMILES string of the molecule is N#Cc1cccc2c1C(c1ccc(-n3c4ccccc4c4cc5c(cc43)sc3ccccc35)cc1)N=C(c1ccccc1)N2. The van der Waals surface area contributed by atoms with Gasteiger partial charge < -0.3 is 9.88 Å². The highest BCUT2D eigenvalue weighted by Crippen LogP contribution is 2.42. The van der Waals surface area contributed by atoms with Crippen LogP contribution in [0.15, 0.2) is 138 Å². The second-order valence-corrected chi connectivity index (χ2v) is 12.2. The van der Waals surface area contributed by atoms with Crippen molar-refractivity contribution in [2.45, 2.75) is 6.04 Å². The molecule has 44 heavy (non-hydrogen) atoms. The van der Waals surface area contributed by atoms with Crippen LogP contribution in [0.1, 0.15) is 28.3 Å². The van der Waals surface area contributed by atoms with Crippen LogP contribution in [-0.4, -0.2) is 10.4 Å². The molecule has 0 saturated heterocycles. The van der Waals surface area contributed by atoms with Gasteiger partial charge in [0.2, 0.25) is 0 Å². The Balaban J connectivity index is 1.22. The molecule has 9 rings (SSSR count). The molecule has 8 aromatic rings. The van der Waals surface area contributed by atoms with Gasteiger partial charge in [-0.05, 0) is 54.1 Å². The quantitative estimate of drug-likeness (QED) is 0.226. The second kappa shape index (κ2) is 9.67. The van der Waals surface area contributed by atoms with Gasteiger partial charge in [0.05, 0.1) is 22.7 Å². The molecule has 1 aliphatic rings. The monoisotopic (exact) mass is 580 g/mol. The number of anilines is 1. The van der Waals surface area contributed by atoms with E-state index in [1.165, 1.54) is 42.0 Å². The van der Waals surface area contributed by atoms with Gasteiger partial charge in [-0.2, -0.15) is 5.26 Å². The summed E-state index contributed by atoms with van der Waals surface area (Å²) in [6, 6.07) is 48.8. The third kappa shape index (κ3) is 3.72. The predicted octanol–water partition coefficient (Wildman–Crippen LogP) is 9.98. The lowest BCUT2D eigenvalue weighted by atomic mass is 9.91. The number of hydrogen-bond donors (Lipinski definition) is 1. The Morgan fingerprint density at radius 3 is 2.27 bits per heavy atom. The van der Waals surface area contributed by atoms with Crippen LogP contribution in [0.3, 0.4) is 0 Å². The molecule has 0 amide bonds. The van der Waals surface area contributed by atoms with Crippen LogP contribution in [0.4, 0.5) is 5.69 Å². The normalized spacial score (nSPS) is 14.4. The number of aromatic nitrogens is 1. The van der Waals surface area contributed by atoms with Gasteiger partial charge in [0, 0.05) is 53.4 Å². The first-order valence-corrected chi connectivity index (χ1v) is 15.5. The first kappa shape index (κ1) is 24.9. The van der Waals surface area contributed by atoms with Gasteiger partial charge in [-0.1, -0.05) is 84.9 Å². The van der Waals surface area contributed by atoms with Gasteiger partial charge in [0.25, 0.3) is 0 Å². The molecule has 2 aromatic heterocycles. The molecule has 0 fully saturated rings. The van der Waals surface area contributed by atoms with E-state index in [0.29, 0.717) is 5.56 Å². The zero-order valence-electron chi connectivity index (χ0n) is 23.5. The van der Waals surface area contributed by atoms with E-state index in [-0.39, 0.29) is 6.04 Å². The van der Waals surface area contributed by atoms with Gasteiger partial charge in [0.15, 0.2) is 0 Å². The lowest BCUT2D eigenvalue weighted by Crippen LogP contribution is -2.23. The molecule has 0 spiro atoms. The summed E-state index contributed by atoms with van der Waals surface area (Å²) >= 11 is 1.85. The van der Waals surface area contributed by atoms with Crippen molar-refractivity contribution in [1.29, 1.82) is 5.26 Å². The molecule has 4 nitrogen and oxygen atoms in total. The molecule has 1 unspecified atom stereocenters. The molecule has 0 bridgehead atoms. The fourth-order valence-electron chi connectivity index (χ4n) is 6.68. The molecule has 0 aliphatic carbocycles. The second-order valence-electron chi connectivity index (χ2n) is 11.2. The number of thiophene rings is 1. The zero-order valence-corrected chi connectivity index (χ0v) is 24.3. The minimum Gasteiger partial charge on any atom is -0.340 e. The maximum atomic E-state index is 10.0. The van der Waals surface area contributed by atoms with E-state index in [2.05, 4.69) is 113 Å². The minimum absolute atomic E-state index is 0.303. The molecule has 0 saturated carbocycles. The summed E-state index contributed by atoms with van der Waals surface area (Å²) in [4.78, 5) is 5.17. The Bertz CT molecular complexity index is 2480. The number of fused-ring (bicyclic) bond motifs is 7.